The smallest absolute Gasteiger partial charge is 0.330 e. The Bertz CT molecular complexity index is 300. The van der Waals surface area contributed by atoms with Crippen LogP contribution < -0.4 is 0 Å². The fraction of sp³-hybridized carbons (Fsp3) is 0.455. The monoisotopic (exact) mass is 248 g/mol. The Morgan fingerprint density at radius 3 is 2.18 bits per heavy atom. The third kappa shape index (κ3) is 8.12. The van der Waals surface area contributed by atoms with Gasteiger partial charge in [-0.2, -0.15) is 0 Å². The quantitative estimate of drug-likeness (QED) is 0.374. The number of esters is 2. The summed E-state index contributed by atoms with van der Waals surface area (Å²) in [5.74, 6) is -4.70. The standard InChI is InChI=1S/C11H14F2O4/c1-3-9(14)16-7-5-6-11(12,13)8-17-10(15)4-2/h3-4H,1-2,5-8H2. The van der Waals surface area contributed by atoms with Crippen LogP contribution in [-0.2, 0) is 19.1 Å². The first-order valence-electron chi connectivity index (χ1n) is 4.87. The minimum Gasteiger partial charge on any atom is -0.463 e. The van der Waals surface area contributed by atoms with E-state index >= 15 is 0 Å². The van der Waals surface area contributed by atoms with Crippen LogP contribution in [0.4, 0.5) is 8.78 Å². The Balaban J connectivity index is 3.77. The summed E-state index contributed by atoms with van der Waals surface area (Å²) in [6.45, 7) is 5.10. The number of ether oxygens (including phenoxy) is 2. The lowest BCUT2D eigenvalue weighted by atomic mass is 10.2. The van der Waals surface area contributed by atoms with Crippen molar-refractivity contribution in [3.8, 4) is 0 Å². The Kier molecular flexibility index (Phi) is 6.77. The zero-order valence-corrected chi connectivity index (χ0v) is 9.29. The number of carbonyl (C=O) groups excluding carboxylic acids is 2. The van der Waals surface area contributed by atoms with E-state index in [-0.39, 0.29) is 13.0 Å². The normalized spacial score (nSPS) is 10.5. The maximum absolute atomic E-state index is 13.1. The summed E-state index contributed by atoms with van der Waals surface area (Å²) in [5.41, 5.74) is 0. The van der Waals surface area contributed by atoms with Gasteiger partial charge in [0.25, 0.3) is 5.92 Å². The SMILES string of the molecule is C=CC(=O)OCCCC(F)(F)COC(=O)C=C. The van der Waals surface area contributed by atoms with Gasteiger partial charge in [-0.1, -0.05) is 13.2 Å². The first-order valence-corrected chi connectivity index (χ1v) is 4.87. The minimum atomic E-state index is -3.14. The zero-order chi connectivity index (χ0) is 13.3. The van der Waals surface area contributed by atoms with Gasteiger partial charge in [0.2, 0.25) is 0 Å². The molecule has 0 rings (SSSR count). The first kappa shape index (κ1) is 15.3. The van der Waals surface area contributed by atoms with Crippen LogP contribution in [0, 0.1) is 0 Å². The van der Waals surface area contributed by atoms with Crippen LogP contribution in [0.15, 0.2) is 25.3 Å². The maximum Gasteiger partial charge on any atom is 0.330 e. The maximum atomic E-state index is 13.1. The molecular formula is C11H14F2O4. The van der Waals surface area contributed by atoms with E-state index in [0.29, 0.717) is 0 Å². The molecule has 0 aromatic carbocycles. The lowest BCUT2D eigenvalue weighted by Crippen LogP contribution is -2.25. The van der Waals surface area contributed by atoms with Crippen molar-refractivity contribution < 1.29 is 27.8 Å². The van der Waals surface area contributed by atoms with Gasteiger partial charge in [-0.25, -0.2) is 18.4 Å². The van der Waals surface area contributed by atoms with E-state index in [1.54, 1.807) is 0 Å². The Labute approximate surface area is 97.9 Å². The van der Waals surface area contributed by atoms with Crippen molar-refractivity contribution in [3.05, 3.63) is 25.3 Å². The molecular weight excluding hydrogens is 234 g/mol. The number of hydrogen-bond acceptors (Lipinski definition) is 4. The molecule has 0 aliphatic carbocycles. The predicted molar refractivity (Wildman–Crippen MR) is 56.5 cm³/mol. The van der Waals surface area contributed by atoms with E-state index < -0.39 is 30.9 Å². The molecule has 0 spiro atoms. The van der Waals surface area contributed by atoms with Gasteiger partial charge in [-0.3, -0.25) is 0 Å². The molecule has 0 fully saturated rings. The van der Waals surface area contributed by atoms with E-state index in [0.717, 1.165) is 12.2 Å². The molecule has 0 N–H and O–H groups in total. The Morgan fingerprint density at radius 2 is 1.65 bits per heavy atom. The minimum absolute atomic E-state index is 0.0295. The molecule has 0 radical (unpaired) electrons. The molecule has 0 bridgehead atoms. The molecule has 0 amide bonds. The fourth-order valence-electron chi connectivity index (χ4n) is 0.870. The van der Waals surface area contributed by atoms with Gasteiger partial charge in [-0.05, 0) is 6.42 Å². The topological polar surface area (TPSA) is 52.6 Å². The summed E-state index contributed by atoms with van der Waals surface area (Å²) in [5, 5.41) is 0. The second kappa shape index (κ2) is 7.54. The molecule has 0 aliphatic rings. The van der Waals surface area contributed by atoms with Gasteiger partial charge in [-0.15, -0.1) is 0 Å². The van der Waals surface area contributed by atoms with Crippen LogP contribution in [-0.4, -0.2) is 31.1 Å². The first-order chi connectivity index (χ1) is 7.91. The number of alkyl halides is 2. The number of hydrogen-bond donors (Lipinski definition) is 0. The van der Waals surface area contributed by atoms with Gasteiger partial charge in [0.1, 0.15) is 0 Å². The van der Waals surface area contributed by atoms with Crippen molar-refractivity contribution in [3.63, 3.8) is 0 Å². The highest BCUT2D eigenvalue weighted by atomic mass is 19.3. The van der Waals surface area contributed by atoms with E-state index in [4.69, 9.17) is 0 Å². The molecule has 0 unspecified atom stereocenters. The van der Waals surface area contributed by atoms with Gasteiger partial charge in [0.15, 0.2) is 6.61 Å². The average Bonchev–Trinajstić information content (AvgIpc) is 2.31. The summed E-state index contributed by atoms with van der Waals surface area (Å²) >= 11 is 0. The van der Waals surface area contributed by atoms with Crippen molar-refractivity contribution in [2.45, 2.75) is 18.8 Å². The Morgan fingerprint density at radius 1 is 1.12 bits per heavy atom. The Hall–Kier alpha value is -1.72. The third-order valence-corrected chi connectivity index (χ3v) is 1.69. The highest BCUT2D eigenvalue weighted by Crippen LogP contribution is 2.20. The van der Waals surface area contributed by atoms with E-state index in [1.165, 1.54) is 0 Å². The lowest BCUT2D eigenvalue weighted by Gasteiger charge is -2.15. The molecule has 6 heteroatoms. The number of rotatable bonds is 8. The van der Waals surface area contributed by atoms with Crippen LogP contribution in [0.1, 0.15) is 12.8 Å². The molecule has 0 aliphatic heterocycles. The van der Waals surface area contributed by atoms with Crippen LogP contribution in [0.25, 0.3) is 0 Å². The van der Waals surface area contributed by atoms with Crippen LogP contribution in [0.5, 0.6) is 0 Å². The van der Waals surface area contributed by atoms with E-state index in [9.17, 15) is 18.4 Å². The van der Waals surface area contributed by atoms with E-state index in [2.05, 4.69) is 22.6 Å². The molecule has 0 saturated heterocycles. The lowest BCUT2D eigenvalue weighted by molar-refractivity contribution is -0.150. The van der Waals surface area contributed by atoms with Crippen LogP contribution in [0.3, 0.4) is 0 Å². The highest BCUT2D eigenvalue weighted by molar-refractivity contribution is 5.81. The van der Waals surface area contributed by atoms with Crippen molar-refractivity contribution in [1.29, 1.82) is 0 Å². The second-order valence-electron chi connectivity index (χ2n) is 3.14. The van der Waals surface area contributed by atoms with Crippen molar-refractivity contribution >= 4 is 11.9 Å². The molecule has 17 heavy (non-hydrogen) atoms. The van der Waals surface area contributed by atoms with Crippen molar-refractivity contribution in [1.82, 2.24) is 0 Å². The molecule has 96 valence electrons. The zero-order valence-electron chi connectivity index (χ0n) is 9.29. The van der Waals surface area contributed by atoms with Crippen molar-refractivity contribution in [2.75, 3.05) is 13.2 Å². The van der Waals surface area contributed by atoms with Gasteiger partial charge >= 0.3 is 11.9 Å². The predicted octanol–water partition coefficient (Wildman–Crippen LogP) is 1.86. The summed E-state index contributed by atoms with van der Waals surface area (Å²) in [6, 6.07) is 0. The second-order valence-corrected chi connectivity index (χ2v) is 3.14. The molecule has 0 aromatic rings. The molecule has 4 nitrogen and oxygen atoms in total. The summed E-state index contributed by atoms with van der Waals surface area (Å²) in [7, 11) is 0. The van der Waals surface area contributed by atoms with Crippen molar-refractivity contribution in [2.24, 2.45) is 0 Å². The van der Waals surface area contributed by atoms with Crippen LogP contribution >= 0.6 is 0 Å². The molecule has 0 atom stereocenters. The average molecular weight is 248 g/mol. The van der Waals surface area contributed by atoms with Gasteiger partial charge in [0.05, 0.1) is 6.61 Å². The van der Waals surface area contributed by atoms with Gasteiger partial charge < -0.3 is 9.47 Å². The molecule has 0 saturated carbocycles. The molecule has 0 aromatic heterocycles. The summed E-state index contributed by atoms with van der Waals surface area (Å²) < 4.78 is 34.9. The van der Waals surface area contributed by atoms with E-state index in [1.807, 2.05) is 0 Å². The molecule has 0 heterocycles. The van der Waals surface area contributed by atoms with Crippen LogP contribution in [0.2, 0.25) is 0 Å². The third-order valence-electron chi connectivity index (χ3n) is 1.69. The summed E-state index contributed by atoms with van der Waals surface area (Å²) in [4.78, 5) is 21.1. The number of carbonyl (C=O) groups is 2. The fourth-order valence-corrected chi connectivity index (χ4v) is 0.870. The van der Waals surface area contributed by atoms with Gasteiger partial charge in [0, 0.05) is 18.6 Å². The summed E-state index contributed by atoms with van der Waals surface area (Å²) in [6.07, 6.45) is 1.19. The highest BCUT2D eigenvalue weighted by Gasteiger charge is 2.30. The largest absolute Gasteiger partial charge is 0.463 e. The number of halogens is 2.